The van der Waals surface area contributed by atoms with Crippen LogP contribution in [0.3, 0.4) is 0 Å². The number of aromatic nitrogens is 1. The molecule has 1 fully saturated rings. The van der Waals surface area contributed by atoms with Gasteiger partial charge in [0.25, 0.3) is 0 Å². The van der Waals surface area contributed by atoms with Gasteiger partial charge in [0.1, 0.15) is 10.8 Å². The zero-order valence-corrected chi connectivity index (χ0v) is 14.9. The van der Waals surface area contributed by atoms with Gasteiger partial charge in [0.15, 0.2) is 0 Å². The Morgan fingerprint density at radius 2 is 2.36 bits per heavy atom. The van der Waals surface area contributed by atoms with Gasteiger partial charge in [-0.25, -0.2) is 4.39 Å². The number of thiophene rings is 1. The van der Waals surface area contributed by atoms with Crippen LogP contribution < -0.4 is 21.2 Å². The van der Waals surface area contributed by atoms with E-state index in [9.17, 15) is 9.50 Å². The third kappa shape index (κ3) is 3.03. The lowest BCUT2D eigenvalue weighted by molar-refractivity contribution is 0.217. The van der Waals surface area contributed by atoms with Crippen molar-refractivity contribution in [2.75, 3.05) is 31.6 Å². The van der Waals surface area contributed by atoms with Crippen molar-refractivity contribution in [1.29, 1.82) is 0 Å². The number of aryl methyl sites for hydroxylation is 1. The SMILES string of the molecule is Cc1cc2c(s1)NC=c1c(F)ccnc1=C2N1CCNC(CCO)C1. The van der Waals surface area contributed by atoms with Crippen LogP contribution in [0.25, 0.3) is 11.9 Å². The van der Waals surface area contributed by atoms with Gasteiger partial charge in [0, 0.05) is 55.1 Å². The number of halogens is 1. The van der Waals surface area contributed by atoms with E-state index in [0.29, 0.717) is 17.0 Å². The first-order valence-corrected chi connectivity index (χ1v) is 9.30. The first-order valence-electron chi connectivity index (χ1n) is 8.49. The van der Waals surface area contributed by atoms with E-state index in [1.165, 1.54) is 17.1 Å². The third-order valence-electron chi connectivity index (χ3n) is 4.67. The summed E-state index contributed by atoms with van der Waals surface area (Å²) in [6.07, 6.45) is 3.94. The van der Waals surface area contributed by atoms with E-state index in [4.69, 9.17) is 0 Å². The monoisotopic (exact) mass is 360 g/mol. The van der Waals surface area contributed by atoms with Gasteiger partial charge in [-0.15, -0.1) is 11.3 Å². The van der Waals surface area contributed by atoms with Gasteiger partial charge in [0.2, 0.25) is 0 Å². The number of nitrogens with zero attached hydrogens (tertiary/aromatic N) is 2. The fourth-order valence-corrected chi connectivity index (χ4v) is 4.42. The Kier molecular flexibility index (Phi) is 4.45. The largest absolute Gasteiger partial charge is 0.396 e. The van der Waals surface area contributed by atoms with E-state index >= 15 is 0 Å². The number of rotatable bonds is 3. The second-order valence-corrected chi connectivity index (χ2v) is 7.66. The molecule has 25 heavy (non-hydrogen) atoms. The first kappa shape index (κ1) is 16.5. The Balaban J connectivity index is 1.91. The van der Waals surface area contributed by atoms with E-state index < -0.39 is 0 Å². The van der Waals surface area contributed by atoms with Crippen molar-refractivity contribution >= 4 is 28.2 Å². The Hall–Kier alpha value is -1.96. The van der Waals surface area contributed by atoms with Gasteiger partial charge >= 0.3 is 0 Å². The molecule has 1 saturated heterocycles. The van der Waals surface area contributed by atoms with Gasteiger partial charge in [0.05, 0.1) is 16.3 Å². The van der Waals surface area contributed by atoms with Gasteiger partial charge in [-0.2, -0.15) is 0 Å². The Labute approximate surface area is 149 Å². The summed E-state index contributed by atoms with van der Waals surface area (Å²) in [5.74, 6) is -0.274. The summed E-state index contributed by atoms with van der Waals surface area (Å²) in [4.78, 5) is 7.99. The number of aliphatic hydroxyl groups excluding tert-OH is 1. The number of fused-ring (bicyclic) bond motifs is 2. The minimum Gasteiger partial charge on any atom is -0.396 e. The maximum absolute atomic E-state index is 14.4. The van der Waals surface area contributed by atoms with Crippen molar-refractivity contribution in [2.45, 2.75) is 19.4 Å². The van der Waals surface area contributed by atoms with Crippen molar-refractivity contribution in [3.05, 3.63) is 45.2 Å². The highest BCUT2D eigenvalue weighted by atomic mass is 32.1. The fraction of sp³-hybridized carbons (Fsp3) is 0.389. The molecule has 4 heterocycles. The highest BCUT2D eigenvalue weighted by Crippen LogP contribution is 2.34. The molecule has 2 aromatic heterocycles. The molecule has 0 aromatic carbocycles. The lowest BCUT2D eigenvalue weighted by Crippen LogP contribution is -2.52. The predicted molar refractivity (Wildman–Crippen MR) is 98.2 cm³/mol. The number of anilines is 1. The molecule has 7 heteroatoms. The summed E-state index contributed by atoms with van der Waals surface area (Å²) in [6, 6.07) is 3.75. The average molecular weight is 360 g/mol. The van der Waals surface area contributed by atoms with E-state index in [-0.39, 0.29) is 18.5 Å². The van der Waals surface area contributed by atoms with Crippen LogP contribution in [0, 0.1) is 12.7 Å². The normalized spacial score (nSPS) is 19.6. The van der Waals surface area contributed by atoms with Crippen LogP contribution in [0.5, 0.6) is 0 Å². The molecule has 2 aliphatic heterocycles. The van der Waals surface area contributed by atoms with Crippen LogP contribution in [0.15, 0.2) is 18.3 Å². The first-order chi connectivity index (χ1) is 12.2. The van der Waals surface area contributed by atoms with Crippen molar-refractivity contribution < 1.29 is 9.50 Å². The van der Waals surface area contributed by atoms with E-state index in [1.54, 1.807) is 17.5 Å². The molecule has 1 unspecified atom stereocenters. The molecule has 0 saturated carbocycles. The molecule has 4 rings (SSSR count). The maximum Gasteiger partial charge on any atom is 0.135 e. The van der Waals surface area contributed by atoms with E-state index in [2.05, 4.69) is 33.5 Å². The lowest BCUT2D eigenvalue weighted by atomic mass is 10.1. The van der Waals surface area contributed by atoms with Crippen molar-refractivity contribution in [3.8, 4) is 0 Å². The molecule has 0 aliphatic carbocycles. The third-order valence-corrected chi connectivity index (χ3v) is 5.65. The summed E-state index contributed by atoms with van der Waals surface area (Å²) >= 11 is 1.66. The van der Waals surface area contributed by atoms with Crippen LogP contribution in [0.2, 0.25) is 0 Å². The molecule has 1 atom stereocenters. The quantitative estimate of drug-likeness (QED) is 0.747. The molecule has 0 amide bonds. The Bertz CT molecular complexity index is 908. The van der Waals surface area contributed by atoms with Crippen molar-refractivity contribution in [2.24, 2.45) is 0 Å². The van der Waals surface area contributed by atoms with Crippen LogP contribution in [-0.2, 0) is 0 Å². The fourth-order valence-electron chi connectivity index (χ4n) is 3.54. The highest BCUT2D eigenvalue weighted by molar-refractivity contribution is 7.16. The molecular formula is C18H21FN4OS. The number of hydrogen-bond donors (Lipinski definition) is 3. The van der Waals surface area contributed by atoms with Gasteiger partial charge in [-0.05, 0) is 25.5 Å². The van der Waals surface area contributed by atoms with Crippen LogP contribution in [0.1, 0.15) is 16.9 Å². The van der Waals surface area contributed by atoms with Gasteiger partial charge < -0.3 is 20.6 Å². The molecule has 2 aliphatic rings. The van der Waals surface area contributed by atoms with Crippen molar-refractivity contribution in [1.82, 2.24) is 15.2 Å². The smallest absolute Gasteiger partial charge is 0.135 e. The van der Waals surface area contributed by atoms with Crippen LogP contribution >= 0.6 is 11.3 Å². The lowest BCUT2D eigenvalue weighted by Gasteiger charge is -2.36. The number of pyridine rings is 1. The van der Waals surface area contributed by atoms with Crippen LogP contribution in [-0.4, -0.2) is 47.3 Å². The minimum absolute atomic E-state index is 0.155. The van der Waals surface area contributed by atoms with Crippen LogP contribution in [0.4, 0.5) is 9.39 Å². The summed E-state index contributed by atoms with van der Waals surface area (Å²) in [7, 11) is 0. The Morgan fingerprint density at radius 1 is 1.48 bits per heavy atom. The summed E-state index contributed by atoms with van der Waals surface area (Å²) in [5, 5.41) is 18.2. The standard InChI is InChI=1S/C18H21FN4OS/c1-11-8-13-17(23-6-5-20-12(10-23)3-7-24)16-14(9-22-18(13)25-11)15(19)2-4-21-16/h2,4,8-9,12,20,22,24H,3,5-7,10H2,1H3. The summed E-state index contributed by atoms with van der Waals surface area (Å²) < 4.78 is 14.4. The second kappa shape index (κ2) is 6.74. The molecule has 0 radical (unpaired) electrons. The highest BCUT2D eigenvalue weighted by Gasteiger charge is 2.26. The number of nitrogens with one attached hydrogen (secondary N) is 2. The minimum atomic E-state index is -0.274. The van der Waals surface area contributed by atoms with Crippen molar-refractivity contribution in [3.63, 3.8) is 0 Å². The van der Waals surface area contributed by atoms with E-state index in [1.807, 2.05) is 0 Å². The number of piperazine rings is 1. The van der Waals surface area contributed by atoms with Gasteiger partial charge in [-0.3, -0.25) is 4.98 Å². The predicted octanol–water partition coefficient (Wildman–Crippen LogP) is 0.567. The maximum atomic E-state index is 14.4. The summed E-state index contributed by atoms with van der Waals surface area (Å²) in [5.41, 5.74) is 2.04. The molecular weight excluding hydrogens is 339 g/mol. The molecule has 0 bridgehead atoms. The average Bonchev–Trinajstić information content (AvgIpc) is 2.88. The molecule has 2 aromatic rings. The second-order valence-electron chi connectivity index (χ2n) is 6.40. The summed E-state index contributed by atoms with van der Waals surface area (Å²) in [6.45, 7) is 4.65. The molecule has 0 spiro atoms. The molecule has 132 valence electrons. The Morgan fingerprint density at radius 3 is 3.20 bits per heavy atom. The molecule has 3 N–H and O–H groups in total. The zero-order chi connectivity index (χ0) is 17.4. The number of aliphatic hydroxyl groups is 1. The van der Waals surface area contributed by atoms with E-state index in [0.717, 1.165) is 35.9 Å². The zero-order valence-electron chi connectivity index (χ0n) is 14.1. The van der Waals surface area contributed by atoms with Gasteiger partial charge in [-0.1, -0.05) is 0 Å². The molecule has 5 nitrogen and oxygen atoms in total. The number of hydrogen-bond acceptors (Lipinski definition) is 6. The topological polar surface area (TPSA) is 60.4 Å².